The molecule has 5 nitrogen and oxygen atoms in total. The van der Waals surface area contributed by atoms with Crippen LogP contribution in [0.15, 0.2) is 47.6 Å². The summed E-state index contributed by atoms with van der Waals surface area (Å²) in [6, 6.07) is 0. The van der Waals surface area contributed by atoms with E-state index >= 15 is 0 Å². The van der Waals surface area contributed by atoms with Crippen molar-refractivity contribution in [2.75, 3.05) is 19.3 Å². The van der Waals surface area contributed by atoms with Crippen LogP contribution in [0, 0.1) is 29.6 Å². The van der Waals surface area contributed by atoms with Gasteiger partial charge in [0.15, 0.2) is 0 Å². The normalized spacial score (nSPS) is 20.7. The molecule has 1 heterocycles. The maximum atomic E-state index is 12.6. The lowest BCUT2D eigenvalue weighted by molar-refractivity contribution is -0.127. The summed E-state index contributed by atoms with van der Waals surface area (Å²) >= 11 is 3.53. The molecular weight excluding hydrogens is 456 g/mol. The Bertz CT molecular complexity index is 779. The predicted molar refractivity (Wildman–Crippen MR) is 157 cm³/mol. The molecule has 2 aliphatic carbocycles. The molecule has 3 aliphatic rings. The molecule has 0 spiro atoms. The van der Waals surface area contributed by atoms with Gasteiger partial charge in [0, 0.05) is 25.6 Å². The van der Waals surface area contributed by atoms with E-state index in [4.69, 9.17) is 0 Å². The van der Waals surface area contributed by atoms with Crippen molar-refractivity contribution in [3.63, 3.8) is 0 Å². The van der Waals surface area contributed by atoms with E-state index in [-0.39, 0.29) is 37.6 Å². The highest BCUT2D eigenvalue weighted by Crippen LogP contribution is 2.37. The summed E-state index contributed by atoms with van der Waals surface area (Å²) in [5.74, 6) is 2.11. The van der Waals surface area contributed by atoms with Gasteiger partial charge in [-0.2, -0.15) is 12.6 Å². The summed E-state index contributed by atoms with van der Waals surface area (Å²) < 4.78 is 0. The maximum absolute atomic E-state index is 12.6. The monoisotopic (exact) mass is 510 g/mol. The van der Waals surface area contributed by atoms with Crippen molar-refractivity contribution in [2.45, 2.75) is 74.3 Å². The highest BCUT2D eigenvalue weighted by atomic mass is 32.1. The van der Waals surface area contributed by atoms with Gasteiger partial charge < -0.3 is 16.1 Å². The lowest BCUT2D eigenvalue weighted by Crippen LogP contribution is -2.49. The average molecular weight is 511 g/mol. The molecule has 6 heteroatoms. The highest BCUT2D eigenvalue weighted by molar-refractivity contribution is 7.79. The lowest BCUT2D eigenvalue weighted by Gasteiger charge is -2.34. The van der Waals surface area contributed by atoms with Gasteiger partial charge in [-0.15, -0.1) is 0 Å². The summed E-state index contributed by atoms with van der Waals surface area (Å²) in [4.78, 5) is 23.6. The van der Waals surface area contributed by atoms with E-state index in [0.717, 1.165) is 25.9 Å². The first kappa shape index (κ1) is 35.5. The average Bonchev–Trinajstić information content (AvgIpc) is 3.44. The van der Waals surface area contributed by atoms with Crippen molar-refractivity contribution in [2.24, 2.45) is 29.6 Å². The molecule has 0 aromatic carbocycles. The van der Waals surface area contributed by atoms with Gasteiger partial charge in [-0.25, -0.2) is 0 Å². The van der Waals surface area contributed by atoms with Crippen LogP contribution in [0.2, 0.25) is 0 Å². The van der Waals surface area contributed by atoms with Crippen LogP contribution in [0.25, 0.3) is 0 Å². The molecule has 0 aromatic heterocycles. The minimum absolute atomic E-state index is 0. The molecule has 1 fully saturated rings. The Balaban J connectivity index is -0.000000673. The number of carbonyl (C=O) groups excluding carboxylic acids is 2. The molecule has 1 aliphatic heterocycles. The summed E-state index contributed by atoms with van der Waals surface area (Å²) in [6.07, 6.45) is 16.4. The molecular formula is C29H54N2O3S. The van der Waals surface area contributed by atoms with Gasteiger partial charge in [-0.05, 0) is 62.6 Å². The number of carbonyl (C=O) groups is 2. The van der Waals surface area contributed by atoms with Crippen molar-refractivity contribution in [3.8, 4) is 0 Å². The number of hydrogen-bond donors (Lipinski definition) is 3. The third-order valence-electron chi connectivity index (χ3n) is 6.48. The zero-order chi connectivity index (χ0) is 25.2. The van der Waals surface area contributed by atoms with Crippen LogP contribution in [0.1, 0.15) is 70.2 Å². The topological polar surface area (TPSA) is 89.7 Å². The Hall–Kier alpha value is -1.63. The molecule has 2 unspecified atom stereocenters. The van der Waals surface area contributed by atoms with E-state index in [9.17, 15) is 9.59 Å². The van der Waals surface area contributed by atoms with E-state index in [1.165, 1.54) is 11.1 Å². The second kappa shape index (κ2) is 16.9. The first-order valence-electron chi connectivity index (χ1n) is 12.3. The zero-order valence-electron chi connectivity index (χ0n) is 22.4. The predicted octanol–water partition coefficient (Wildman–Crippen LogP) is 5.60. The number of amides is 1. The Morgan fingerprint density at radius 1 is 1.14 bits per heavy atom. The number of thiol groups is 1. The van der Waals surface area contributed by atoms with Crippen molar-refractivity contribution in [1.82, 2.24) is 10.6 Å². The summed E-state index contributed by atoms with van der Waals surface area (Å²) in [6.45, 7) is 16.3. The van der Waals surface area contributed by atoms with Gasteiger partial charge in [0.1, 0.15) is 5.78 Å². The molecule has 1 amide bonds. The Labute approximate surface area is 222 Å². The number of hydrogen-bond acceptors (Lipinski definition) is 4. The van der Waals surface area contributed by atoms with Gasteiger partial charge in [0.2, 0.25) is 5.91 Å². The number of fused-ring (bicyclic) bond motifs is 1. The van der Waals surface area contributed by atoms with E-state index in [2.05, 4.69) is 94.3 Å². The third-order valence-corrected chi connectivity index (χ3v) is 6.48. The molecule has 35 heavy (non-hydrogen) atoms. The van der Waals surface area contributed by atoms with Gasteiger partial charge >= 0.3 is 0 Å². The SMILES string of the molecule is C.CC(C(=O)NC(C)(C)C1=CC=C2C=CC=CC21)[C@@H]1CCNC1.CC(C)CC(=O)C(C)C.CS.O.[HH]. The highest BCUT2D eigenvalue weighted by Gasteiger charge is 2.36. The fourth-order valence-electron chi connectivity index (χ4n) is 4.34. The van der Waals surface area contributed by atoms with E-state index in [0.29, 0.717) is 23.5 Å². The minimum Gasteiger partial charge on any atom is -0.412 e. The fourth-order valence-corrected chi connectivity index (χ4v) is 4.34. The smallest absolute Gasteiger partial charge is 0.223 e. The van der Waals surface area contributed by atoms with Gasteiger partial charge in [-0.3, -0.25) is 9.59 Å². The van der Waals surface area contributed by atoms with Crippen LogP contribution in [0.3, 0.4) is 0 Å². The molecule has 1 saturated heterocycles. The van der Waals surface area contributed by atoms with Crippen molar-refractivity contribution < 1.29 is 16.5 Å². The summed E-state index contributed by atoms with van der Waals surface area (Å²) in [7, 11) is 0. The van der Waals surface area contributed by atoms with Crippen molar-refractivity contribution in [1.29, 1.82) is 0 Å². The standard InChI is InChI=1S/C19H26N2O.C8H16O.CH4S.CH4.H2O.H2/c1-13(15-10-11-20-12-15)18(22)21-19(2,3)17-9-8-14-6-4-5-7-16(14)17;1-6(2)5-8(9)7(3)4;1-2;;;/h4-9,13,15-16,20H,10-12H2,1-3H3,(H,21,22);6-7H,5H2,1-4H3;2H,1H3;1H4;1H2;1H/t13?,15-,16?;;;;;/m1...../s1. The van der Waals surface area contributed by atoms with Crippen LogP contribution < -0.4 is 10.6 Å². The van der Waals surface area contributed by atoms with Gasteiger partial charge in [0.05, 0.1) is 5.54 Å². The second-order valence-electron chi connectivity index (χ2n) is 10.4. The lowest BCUT2D eigenvalue weighted by atomic mass is 9.81. The first-order chi connectivity index (χ1) is 15.5. The van der Waals surface area contributed by atoms with Gasteiger partial charge in [0.25, 0.3) is 0 Å². The molecule has 0 bridgehead atoms. The van der Waals surface area contributed by atoms with Gasteiger partial charge in [-0.1, -0.05) is 78.5 Å². The third kappa shape index (κ3) is 10.9. The summed E-state index contributed by atoms with van der Waals surface area (Å²) in [5, 5.41) is 6.63. The number of allylic oxidation sites excluding steroid dienone is 7. The molecule has 4 N–H and O–H groups in total. The number of Topliss-reactive ketones (excluding diaryl/α,β-unsaturated/α-hetero) is 1. The fraction of sp³-hybridized carbons (Fsp3) is 0.655. The Morgan fingerprint density at radius 3 is 2.26 bits per heavy atom. The molecule has 0 aromatic rings. The zero-order valence-corrected chi connectivity index (χ0v) is 23.3. The van der Waals surface area contributed by atoms with Crippen LogP contribution in [0.4, 0.5) is 0 Å². The van der Waals surface area contributed by atoms with E-state index in [1.807, 2.05) is 13.8 Å². The van der Waals surface area contributed by atoms with E-state index < -0.39 is 0 Å². The molecule has 3 atom stereocenters. The van der Waals surface area contributed by atoms with Crippen molar-refractivity contribution in [3.05, 3.63) is 47.6 Å². The largest absolute Gasteiger partial charge is 0.412 e. The van der Waals surface area contributed by atoms with Crippen LogP contribution >= 0.6 is 12.6 Å². The van der Waals surface area contributed by atoms with Crippen molar-refractivity contribution >= 4 is 24.3 Å². The maximum Gasteiger partial charge on any atom is 0.223 e. The quantitative estimate of drug-likeness (QED) is 0.390. The Kier molecular flexibility index (Phi) is 17.2. The Morgan fingerprint density at radius 2 is 1.77 bits per heavy atom. The second-order valence-corrected chi connectivity index (χ2v) is 10.4. The summed E-state index contributed by atoms with van der Waals surface area (Å²) in [5.41, 5.74) is 2.26. The first-order valence-corrected chi connectivity index (χ1v) is 13.2. The van der Waals surface area contributed by atoms with Crippen LogP contribution in [-0.4, -0.2) is 42.1 Å². The molecule has 0 radical (unpaired) electrons. The van der Waals surface area contributed by atoms with Crippen LogP contribution in [0.5, 0.6) is 0 Å². The molecule has 3 rings (SSSR count). The van der Waals surface area contributed by atoms with E-state index in [1.54, 1.807) is 6.26 Å². The number of ketones is 1. The van der Waals surface area contributed by atoms with Crippen LogP contribution in [-0.2, 0) is 9.59 Å². The minimum atomic E-state index is -0.324. The number of rotatable bonds is 7. The number of nitrogens with one attached hydrogen (secondary N) is 2. The molecule has 204 valence electrons. The molecule has 0 saturated carbocycles.